The lowest BCUT2D eigenvalue weighted by molar-refractivity contribution is -0.203. The summed E-state index contributed by atoms with van der Waals surface area (Å²) in [6.45, 7) is -0.0194. The van der Waals surface area contributed by atoms with Crippen LogP contribution in [0.3, 0.4) is 0 Å². The molecule has 3 rings (SSSR count). The van der Waals surface area contributed by atoms with Crippen LogP contribution in [0.25, 0.3) is 11.1 Å². The molecule has 0 spiro atoms. The van der Waals surface area contributed by atoms with Gasteiger partial charge in [-0.05, 0) is 60.2 Å². The molecule has 10 nitrogen and oxygen atoms in total. The number of hydrogen-bond donors (Lipinski definition) is 3. The van der Waals surface area contributed by atoms with E-state index in [1.807, 2.05) is 0 Å². The highest BCUT2D eigenvalue weighted by Gasteiger charge is 2.42. The Hall–Kier alpha value is -3.73. The van der Waals surface area contributed by atoms with Crippen molar-refractivity contribution in [2.75, 3.05) is 24.8 Å². The fraction of sp³-hybridized carbons (Fsp3) is 0.200. The van der Waals surface area contributed by atoms with Crippen molar-refractivity contribution in [3.8, 4) is 11.1 Å². The molecule has 0 aliphatic rings. The SMILES string of the molecule is CSc1sc(C(=N)N)cc1S(=O)(=O)c1cccc(-c2ccc(NC(=O)COCC(=O)OC(=O)C(F)(F)F)cc2C)c1. The molecule has 4 N–H and O–H groups in total. The van der Waals surface area contributed by atoms with Crippen molar-refractivity contribution in [2.45, 2.75) is 27.1 Å². The fourth-order valence-electron chi connectivity index (χ4n) is 3.46. The Balaban J connectivity index is 1.70. The number of sulfone groups is 1. The maximum atomic E-state index is 13.4. The third kappa shape index (κ3) is 7.93. The highest BCUT2D eigenvalue weighted by atomic mass is 32.2. The number of halogens is 3. The Morgan fingerprint density at radius 2 is 1.80 bits per heavy atom. The highest BCUT2D eigenvalue weighted by molar-refractivity contribution is 8.01. The van der Waals surface area contributed by atoms with Gasteiger partial charge in [0.25, 0.3) is 0 Å². The van der Waals surface area contributed by atoms with Crippen LogP contribution in [0, 0.1) is 12.3 Å². The van der Waals surface area contributed by atoms with Crippen molar-refractivity contribution in [2.24, 2.45) is 5.73 Å². The topological polar surface area (TPSA) is 166 Å². The van der Waals surface area contributed by atoms with Crippen LogP contribution in [0.2, 0.25) is 0 Å². The van der Waals surface area contributed by atoms with Gasteiger partial charge in [-0.2, -0.15) is 13.2 Å². The van der Waals surface area contributed by atoms with Gasteiger partial charge < -0.3 is 20.5 Å². The number of aryl methyl sites for hydroxylation is 1. The van der Waals surface area contributed by atoms with Crippen LogP contribution < -0.4 is 11.1 Å². The molecule has 1 heterocycles. The van der Waals surface area contributed by atoms with Crippen LogP contribution in [0.15, 0.2) is 62.5 Å². The average molecular weight is 630 g/mol. The number of esters is 2. The van der Waals surface area contributed by atoms with Gasteiger partial charge in [0.1, 0.15) is 19.0 Å². The number of rotatable bonds is 10. The minimum absolute atomic E-state index is 0.0441. The van der Waals surface area contributed by atoms with Gasteiger partial charge in [0.05, 0.1) is 18.9 Å². The molecule has 3 aromatic rings. The number of ether oxygens (including phenoxy) is 2. The summed E-state index contributed by atoms with van der Waals surface area (Å²) in [6.07, 6.45) is -3.61. The zero-order valence-corrected chi connectivity index (χ0v) is 23.8. The second-order valence-electron chi connectivity index (χ2n) is 8.24. The van der Waals surface area contributed by atoms with Crippen molar-refractivity contribution < 1.29 is 45.4 Å². The molecule has 1 amide bonds. The minimum atomic E-state index is -5.34. The summed E-state index contributed by atoms with van der Waals surface area (Å²) in [5, 5.41) is 10.1. The van der Waals surface area contributed by atoms with E-state index in [0.29, 0.717) is 31.5 Å². The number of nitrogens with two attached hydrogens (primary N) is 1. The van der Waals surface area contributed by atoms with Crippen LogP contribution in [-0.2, 0) is 33.7 Å². The number of thiophene rings is 1. The number of thioether (sulfide) groups is 1. The van der Waals surface area contributed by atoms with E-state index in [0.717, 1.165) is 11.3 Å². The first-order chi connectivity index (χ1) is 19.1. The second-order valence-corrected chi connectivity index (χ2v) is 12.3. The number of hydrogen-bond acceptors (Lipinski definition) is 10. The maximum absolute atomic E-state index is 13.4. The van der Waals surface area contributed by atoms with Crippen LogP contribution in [0.5, 0.6) is 0 Å². The molecule has 0 aliphatic carbocycles. The fourth-order valence-corrected chi connectivity index (χ4v) is 7.36. The van der Waals surface area contributed by atoms with Crippen molar-refractivity contribution in [1.82, 2.24) is 0 Å². The van der Waals surface area contributed by atoms with E-state index >= 15 is 0 Å². The van der Waals surface area contributed by atoms with Crippen molar-refractivity contribution >= 4 is 62.3 Å². The lowest BCUT2D eigenvalue weighted by atomic mass is 10.00. The number of alkyl halides is 3. The van der Waals surface area contributed by atoms with E-state index in [1.165, 1.54) is 30.0 Å². The van der Waals surface area contributed by atoms with Crippen LogP contribution >= 0.6 is 23.1 Å². The lowest BCUT2D eigenvalue weighted by Crippen LogP contribution is -2.30. The maximum Gasteiger partial charge on any atom is 0.491 e. The van der Waals surface area contributed by atoms with E-state index < -0.39 is 47.1 Å². The second kappa shape index (κ2) is 12.8. The predicted octanol–water partition coefficient (Wildman–Crippen LogP) is 4.15. The highest BCUT2D eigenvalue weighted by Crippen LogP contribution is 2.38. The van der Waals surface area contributed by atoms with Gasteiger partial charge in [-0.25, -0.2) is 18.0 Å². The predicted molar refractivity (Wildman–Crippen MR) is 146 cm³/mol. The molecule has 0 aliphatic heterocycles. The number of benzene rings is 2. The van der Waals surface area contributed by atoms with Gasteiger partial charge in [-0.1, -0.05) is 18.2 Å². The standard InChI is InChI=1S/C25H22F3N3O7S3/c1-13-8-15(31-20(32)11-37-12-21(33)38-24(34)25(26,27)28)6-7-17(13)14-4-3-5-16(9-14)41(35,36)19-10-18(22(29)30)40-23(19)39-2/h3-10H,11-12H2,1-2H3,(H3,29,30)(H,31,32). The summed E-state index contributed by atoms with van der Waals surface area (Å²) >= 11 is 2.36. The lowest BCUT2D eigenvalue weighted by Gasteiger charge is -2.12. The van der Waals surface area contributed by atoms with Gasteiger partial charge in [0, 0.05) is 5.69 Å². The third-order valence-corrected chi connectivity index (χ3v) is 9.60. The molecular weight excluding hydrogens is 607 g/mol. The summed E-state index contributed by atoms with van der Waals surface area (Å²) in [5.74, 6) is -5.25. The number of amidine groups is 1. The molecule has 16 heteroatoms. The largest absolute Gasteiger partial charge is 0.491 e. The van der Waals surface area contributed by atoms with E-state index in [9.17, 15) is 36.0 Å². The van der Waals surface area contributed by atoms with Crippen LogP contribution in [0.4, 0.5) is 18.9 Å². The van der Waals surface area contributed by atoms with E-state index in [1.54, 1.807) is 43.5 Å². The Labute approximate surface area is 240 Å². The minimum Gasteiger partial charge on any atom is -0.385 e. The first kappa shape index (κ1) is 31.8. The van der Waals surface area contributed by atoms with Gasteiger partial charge in [-0.15, -0.1) is 23.1 Å². The van der Waals surface area contributed by atoms with Crippen molar-refractivity contribution in [1.29, 1.82) is 5.41 Å². The first-order valence-corrected chi connectivity index (χ1v) is 14.8. The Morgan fingerprint density at radius 1 is 1.10 bits per heavy atom. The number of amides is 1. The molecule has 1 aromatic heterocycles. The molecule has 0 fully saturated rings. The van der Waals surface area contributed by atoms with Crippen LogP contribution in [-0.4, -0.2) is 57.7 Å². The van der Waals surface area contributed by atoms with Gasteiger partial charge >= 0.3 is 18.1 Å². The Bertz CT molecular complexity index is 1620. The normalized spacial score (nSPS) is 11.6. The molecule has 2 aromatic carbocycles. The number of anilines is 1. The average Bonchev–Trinajstić information content (AvgIpc) is 3.34. The van der Waals surface area contributed by atoms with E-state index in [4.69, 9.17) is 15.9 Å². The van der Waals surface area contributed by atoms with Crippen molar-refractivity contribution in [3.63, 3.8) is 0 Å². The number of carbonyl (C=O) groups is 3. The first-order valence-electron chi connectivity index (χ1n) is 11.3. The van der Waals surface area contributed by atoms with E-state index in [-0.39, 0.29) is 15.6 Å². The molecule has 0 saturated heterocycles. The summed E-state index contributed by atoms with van der Waals surface area (Å²) in [7, 11) is -3.93. The monoisotopic (exact) mass is 629 g/mol. The molecule has 41 heavy (non-hydrogen) atoms. The van der Waals surface area contributed by atoms with Crippen molar-refractivity contribution in [3.05, 3.63) is 59.0 Å². The zero-order valence-electron chi connectivity index (χ0n) is 21.3. The van der Waals surface area contributed by atoms with Gasteiger partial charge in [0.15, 0.2) is 0 Å². The summed E-state index contributed by atoms with van der Waals surface area (Å²) in [4.78, 5) is 34.4. The summed E-state index contributed by atoms with van der Waals surface area (Å²) in [6, 6.07) is 12.5. The van der Waals surface area contributed by atoms with Gasteiger partial charge in [-0.3, -0.25) is 10.2 Å². The molecule has 0 radical (unpaired) electrons. The Kier molecular flexibility index (Phi) is 9.96. The molecular formula is C25H22F3N3O7S3. The molecule has 218 valence electrons. The molecule has 0 bridgehead atoms. The molecule has 0 atom stereocenters. The summed E-state index contributed by atoms with van der Waals surface area (Å²) in [5.41, 5.74) is 7.81. The number of nitrogens with one attached hydrogen (secondary N) is 2. The zero-order chi connectivity index (χ0) is 30.5. The van der Waals surface area contributed by atoms with E-state index in [2.05, 4.69) is 10.1 Å². The van der Waals surface area contributed by atoms with Gasteiger partial charge in [0.2, 0.25) is 15.7 Å². The number of nitrogen functional groups attached to an aromatic ring is 1. The number of carbonyl (C=O) groups excluding carboxylic acids is 3. The summed E-state index contributed by atoms with van der Waals surface area (Å²) < 4.78 is 71.9. The quantitative estimate of drug-likeness (QED) is 0.0982. The molecule has 0 saturated carbocycles. The van der Waals surface area contributed by atoms with Crippen LogP contribution in [0.1, 0.15) is 10.4 Å². The third-order valence-electron chi connectivity index (χ3n) is 5.26. The Morgan fingerprint density at radius 3 is 2.41 bits per heavy atom. The smallest absolute Gasteiger partial charge is 0.385 e. The molecule has 0 unspecified atom stereocenters.